The number of para-hydroxylation sites is 2. The number of benzene rings is 3. The van der Waals surface area contributed by atoms with Crippen molar-refractivity contribution in [2.45, 2.75) is 11.8 Å². The molecule has 0 fully saturated rings. The first kappa shape index (κ1) is 17.6. The van der Waals surface area contributed by atoms with E-state index in [9.17, 15) is 4.21 Å². The molecule has 4 rings (SSSR count). The van der Waals surface area contributed by atoms with Crippen molar-refractivity contribution < 1.29 is 8.95 Å². The average molecular weight is 398 g/mol. The molecular weight excluding hydrogens is 382 g/mol. The van der Waals surface area contributed by atoms with Crippen LogP contribution >= 0.6 is 11.6 Å². The van der Waals surface area contributed by atoms with E-state index in [0.29, 0.717) is 33.1 Å². The predicted molar refractivity (Wildman–Crippen MR) is 110 cm³/mol. The van der Waals surface area contributed by atoms with Gasteiger partial charge in [-0.05, 0) is 43.3 Å². The van der Waals surface area contributed by atoms with Gasteiger partial charge in [-0.3, -0.25) is 0 Å². The summed E-state index contributed by atoms with van der Waals surface area (Å²) >= 11 is 6.19. The summed E-state index contributed by atoms with van der Waals surface area (Å²) in [6.45, 7) is 2.02. The molecule has 27 heavy (non-hydrogen) atoms. The van der Waals surface area contributed by atoms with Crippen LogP contribution in [0.1, 0.15) is 5.56 Å². The number of fused-ring (bicyclic) bond motifs is 1. The summed E-state index contributed by atoms with van der Waals surface area (Å²) in [5.74, 6) is 1.43. The van der Waals surface area contributed by atoms with Crippen LogP contribution < -0.4 is 15.4 Å². The number of hydrogen-bond acceptors (Lipinski definition) is 4. The highest BCUT2D eigenvalue weighted by Gasteiger charge is 2.22. The van der Waals surface area contributed by atoms with E-state index in [1.807, 2.05) is 43.3 Å². The lowest BCUT2D eigenvalue weighted by Gasteiger charge is -2.21. The lowest BCUT2D eigenvalue weighted by Crippen LogP contribution is -2.26. The van der Waals surface area contributed by atoms with Gasteiger partial charge in [0.2, 0.25) is 5.96 Å². The van der Waals surface area contributed by atoms with E-state index in [-0.39, 0.29) is 0 Å². The van der Waals surface area contributed by atoms with Crippen LogP contribution in [-0.4, -0.2) is 10.2 Å². The van der Waals surface area contributed by atoms with Gasteiger partial charge in [-0.1, -0.05) is 47.5 Å². The second kappa shape index (κ2) is 7.42. The van der Waals surface area contributed by atoms with Gasteiger partial charge in [-0.15, -0.1) is 4.40 Å². The zero-order valence-corrected chi connectivity index (χ0v) is 16.0. The zero-order valence-electron chi connectivity index (χ0n) is 14.4. The molecule has 2 N–H and O–H groups in total. The SMILES string of the molecule is Cc1ccc(NC2=NS(=O)c3cccc(Oc4ccccc4Cl)c3N2)cc1. The molecule has 0 saturated carbocycles. The summed E-state index contributed by atoms with van der Waals surface area (Å²) in [7, 11) is -1.55. The average Bonchev–Trinajstić information content (AvgIpc) is 2.66. The molecule has 1 heterocycles. The first-order valence-electron chi connectivity index (χ1n) is 8.27. The molecule has 5 nitrogen and oxygen atoms in total. The summed E-state index contributed by atoms with van der Waals surface area (Å²) in [5.41, 5.74) is 2.60. The van der Waals surface area contributed by atoms with Gasteiger partial charge in [0.05, 0.1) is 9.92 Å². The Hall–Kier alpha value is -2.83. The smallest absolute Gasteiger partial charge is 0.214 e. The van der Waals surface area contributed by atoms with Crippen molar-refractivity contribution in [3.8, 4) is 11.5 Å². The van der Waals surface area contributed by atoms with Gasteiger partial charge < -0.3 is 15.4 Å². The van der Waals surface area contributed by atoms with Crippen LogP contribution in [0.2, 0.25) is 5.02 Å². The van der Waals surface area contributed by atoms with Crippen molar-refractivity contribution >= 4 is 39.9 Å². The normalized spacial score (nSPS) is 15.3. The molecule has 1 unspecified atom stereocenters. The number of rotatable bonds is 3. The number of hydrogen-bond donors (Lipinski definition) is 2. The van der Waals surface area contributed by atoms with E-state index in [1.165, 1.54) is 0 Å². The molecule has 7 heteroatoms. The molecule has 0 aromatic heterocycles. The van der Waals surface area contributed by atoms with Gasteiger partial charge in [-0.25, -0.2) is 4.21 Å². The number of guanidine groups is 1. The number of nitrogens with one attached hydrogen (secondary N) is 2. The molecular formula is C20H16ClN3O2S. The monoisotopic (exact) mass is 397 g/mol. The largest absolute Gasteiger partial charge is 0.454 e. The van der Waals surface area contributed by atoms with E-state index in [4.69, 9.17) is 16.3 Å². The molecule has 0 bridgehead atoms. The molecule has 0 amide bonds. The van der Waals surface area contributed by atoms with Crippen molar-refractivity contribution in [2.24, 2.45) is 4.40 Å². The van der Waals surface area contributed by atoms with E-state index in [0.717, 1.165) is 11.3 Å². The molecule has 0 aliphatic carbocycles. The van der Waals surface area contributed by atoms with Gasteiger partial charge in [-0.2, -0.15) is 0 Å². The third kappa shape index (κ3) is 3.82. The van der Waals surface area contributed by atoms with Crippen LogP contribution in [0.15, 0.2) is 76.0 Å². The highest BCUT2D eigenvalue weighted by Crippen LogP contribution is 2.38. The molecule has 0 radical (unpaired) electrons. The Morgan fingerprint density at radius 1 is 1.00 bits per heavy atom. The van der Waals surface area contributed by atoms with Gasteiger partial charge in [0, 0.05) is 5.69 Å². The Bertz CT molecular complexity index is 1050. The fraction of sp³-hybridized carbons (Fsp3) is 0.0500. The Kier molecular flexibility index (Phi) is 4.83. The number of nitrogens with zero attached hydrogens (tertiary/aromatic N) is 1. The zero-order chi connectivity index (χ0) is 18.8. The molecule has 136 valence electrons. The fourth-order valence-corrected chi connectivity index (χ4v) is 3.66. The second-order valence-corrected chi connectivity index (χ2v) is 7.49. The van der Waals surface area contributed by atoms with Crippen molar-refractivity contribution in [3.05, 3.63) is 77.3 Å². The molecule has 0 saturated heterocycles. The minimum atomic E-state index is -1.55. The highest BCUT2D eigenvalue weighted by molar-refractivity contribution is 7.84. The maximum absolute atomic E-state index is 12.6. The predicted octanol–water partition coefficient (Wildman–Crippen LogP) is 5.36. The summed E-state index contributed by atoms with van der Waals surface area (Å²) in [4.78, 5) is 0.550. The van der Waals surface area contributed by atoms with Crippen LogP contribution in [0.4, 0.5) is 11.4 Å². The first-order valence-corrected chi connectivity index (χ1v) is 9.75. The Morgan fingerprint density at radius 2 is 1.74 bits per heavy atom. The number of ether oxygens (including phenoxy) is 1. The van der Waals surface area contributed by atoms with E-state index >= 15 is 0 Å². The standard InChI is InChI=1S/C20H16ClN3O2S/c1-13-9-11-14(12-10-13)22-20-23-19-17(7-4-8-18(19)27(25)24-20)26-16-6-3-2-5-15(16)21/h2-12H,1H3,(H2,22,23,24). The summed E-state index contributed by atoms with van der Waals surface area (Å²) < 4.78 is 22.7. The molecule has 1 aliphatic heterocycles. The van der Waals surface area contributed by atoms with E-state index < -0.39 is 11.0 Å². The summed E-state index contributed by atoms with van der Waals surface area (Å²) in [6.07, 6.45) is 0. The van der Waals surface area contributed by atoms with Crippen molar-refractivity contribution in [2.75, 3.05) is 10.6 Å². The number of anilines is 2. The first-order chi connectivity index (χ1) is 13.1. The minimum Gasteiger partial charge on any atom is -0.454 e. The van der Waals surface area contributed by atoms with Gasteiger partial charge >= 0.3 is 0 Å². The van der Waals surface area contributed by atoms with Crippen LogP contribution in [-0.2, 0) is 11.0 Å². The minimum absolute atomic E-state index is 0.389. The van der Waals surface area contributed by atoms with Crippen LogP contribution in [0, 0.1) is 6.92 Å². The van der Waals surface area contributed by atoms with Crippen molar-refractivity contribution in [1.82, 2.24) is 0 Å². The molecule has 3 aromatic carbocycles. The number of aryl methyl sites for hydroxylation is 1. The fourth-order valence-electron chi connectivity index (χ4n) is 2.61. The maximum Gasteiger partial charge on any atom is 0.214 e. The maximum atomic E-state index is 12.6. The highest BCUT2D eigenvalue weighted by atomic mass is 35.5. The third-order valence-electron chi connectivity index (χ3n) is 3.96. The van der Waals surface area contributed by atoms with Crippen molar-refractivity contribution in [3.63, 3.8) is 0 Å². The van der Waals surface area contributed by atoms with Crippen LogP contribution in [0.25, 0.3) is 0 Å². The summed E-state index contributed by atoms with van der Waals surface area (Å²) in [6, 6.07) is 20.4. The quantitative estimate of drug-likeness (QED) is 0.624. The van der Waals surface area contributed by atoms with Gasteiger partial charge in [0.1, 0.15) is 11.4 Å². The van der Waals surface area contributed by atoms with Crippen LogP contribution in [0.5, 0.6) is 11.5 Å². The number of halogens is 1. The molecule has 3 aromatic rings. The van der Waals surface area contributed by atoms with E-state index in [1.54, 1.807) is 30.3 Å². The Morgan fingerprint density at radius 3 is 2.52 bits per heavy atom. The molecule has 1 aliphatic rings. The van der Waals surface area contributed by atoms with E-state index in [2.05, 4.69) is 15.0 Å². The van der Waals surface area contributed by atoms with Gasteiger partial charge in [0.25, 0.3) is 0 Å². The topological polar surface area (TPSA) is 62.7 Å². The summed E-state index contributed by atoms with van der Waals surface area (Å²) in [5, 5.41) is 6.82. The molecule has 0 spiro atoms. The lowest BCUT2D eigenvalue weighted by atomic mass is 10.2. The lowest BCUT2D eigenvalue weighted by molar-refractivity contribution is 0.484. The third-order valence-corrected chi connectivity index (χ3v) is 5.34. The second-order valence-electron chi connectivity index (χ2n) is 5.97. The molecule has 1 atom stereocenters. The van der Waals surface area contributed by atoms with Crippen molar-refractivity contribution in [1.29, 1.82) is 0 Å². The Balaban J connectivity index is 1.63. The van der Waals surface area contributed by atoms with Crippen LogP contribution in [0.3, 0.4) is 0 Å². The Labute approximate surface area is 164 Å². The van der Waals surface area contributed by atoms with Gasteiger partial charge in [0.15, 0.2) is 16.7 Å².